The number of nitro benzene ring substituents is 1. The van der Waals surface area contributed by atoms with E-state index in [2.05, 4.69) is 26.0 Å². The van der Waals surface area contributed by atoms with Gasteiger partial charge in [-0.15, -0.1) is 0 Å². The molecule has 1 amide bonds. The number of carbonyl (C=O) groups is 1. The highest BCUT2D eigenvalue weighted by Crippen LogP contribution is 2.31. The van der Waals surface area contributed by atoms with E-state index in [0.29, 0.717) is 22.0 Å². The summed E-state index contributed by atoms with van der Waals surface area (Å²) in [5, 5.41) is 17.1. The molecular weight excluding hydrogens is 560 g/mol. The lowest BCUT2D eigenvalue weighted by molar-refractivity contribution is -0.384. The van der Waals surface area contributed by atoms with Crippen LogP contribution in [0.25, 0.3) is 27.3 Å². The molecule has 2 heterocycles. The first-order chi connectivity index (χ1) is 17.9. The molecule has 0 spiro atoms. The van der Waals surface area contributed by atoms with Crippen LogP contribution in [0.1, 0.15) is 11.1 Å². The molecule has 0 N–H and O–H groups in total. The Morgan fingerprint density at radius 3 is 2.81 bits per heavy atom. The number of hydrazone groups is 1. The molecule has 0 aliphatic heterocycles. The molecular formula is C26H15BrN4O5S. The third-order valence-electron chi connectivity index (χ3n) is 5.25. The van der Waals surface area contributed by atoms with Crippen molar-refractivity contribution in [2.24, 2.45) is 5.10 Å². The zero-order valence-electron chi connectivity index (χ0n) is 18.8. The number of carbonyl (C=O) groups excluding carboxylic acids is 1. The van der Waals surface area contributed by atoms with Crippen molar-refractivity contribution < 1.29 is 14.1 Å². The number of non-ortho nitro benzene ring substituents is 1. The zero-order valence-corrected chi connectivity index (χ0v) is 21.2. The molecule has 5 rings (SSSR count). The van der Waals surface area contributed by atoms with E-state index in [4.69, 9.17) is 4.42 Å². The summed E-state index contributed by atoms with van der Waals surface area (Å²) in [5.74, 6) is -0.564. The Morgan fingerprint density at radius 2 is 1.97 bits per heavy atom. The number of hydrogen-bond acceptors (Lipinski definition) is 8. The second-order valence-corrected chi connectivity index (χ2v) is 9.63. The van der Waals surface area contributed by atoms with Crippen molar-refractivity contribution in [3.63, 3.8) is 0 Å². The van der Waals surface area contributed by atoms with Gasteiger partial charge in [-0.05, 0) is 42.0 Å². The Hall–Kier alpha value is -4.48. The highest BCUT2D eigenvalue weighted by atomic mass is 79.9. The van der Waals surface area contributed by atoms with E-state index in [9.17, 15) is 19.7 Å². The van der Waals surface area contributed by atoms with Crippen LogP contribution in [-0.4, -0.2) is 22.0 Å². The van der Waals surface area contributed by atoms with E-state index < -0.39 is 10.8 Å². The molecule has 0 radical (unpaired) electrons. The molecule has 11 heteroatoms. The van der Waals surface area contributed by atoms with E-state index in [1.165, 1.54) is 54.2 Å². The van der Waals surface area contributed by atoms with Crippen LogP contribution in [-0.2, 0) is 4.79 Å². The van der Waals surface area contributed by atoms with Gasteiger partial charge >= 0.3 is 0 Å². The molecule has 5 aromatic rings. The maximum Gasteiger partial charge on any atom is 0.273 e. The van der Waals surface area contributed by atoms with Crippen LogP contribution >= 0.6 is 27.3 Å². The monoisotopic (exact) mass is 574 g/mol. The summed E-state index contributed by atoms with van der Waals surface area (Å²) in [6.45, 7) is 0. The molecule has 2 aromatic heterocycles. The average Bonchev–Trinajstić information content (AvgIpc) is 3.31. The van der Waals surface area contributed by atoms with Crippen molar-refractivity contribution in [2.45, 2.75) is 0 Å². The Balaban J connectivity index is 1.53. The highest BCUT2D eigenvalue weighted by molar-refractivity contribution is 9.10. The number of para-hydroxylation sites is 1. The molecule has 0 saturated carbocycles. The van der Waals surface area contributed by atoms with Gasteiger partial charge in [0, 0.05) is 22.7 Å². The van der Waals surface area contributed by atoms with Crippen molar-refractivity contribution in [1.29, 1.82) is 0 Å². The molecule has 3 aromatic carbocycles. The van der Waals surface area contributed by atoms with Crippen LogP contribution in [0.15, 0.2) is 97.9 Å². The van der Waals surface area contributed by atoms with Crippen LogP contribution < -0.4 is 10.4 Å². The largest absolute Gasteiger partial charge is 0.463 e. The molecule has 0 fully saturated rings. The zero-order chi connectivity index (χ0) is 25.9. The fourth-order valence-corrected chi connectivity index (χ4v) is 4.94. The van der Waals surface area contributed by atoms with Gasteiger partial charge in [-0.25, -0.2) is 4.98 Å². The lowest BCUT2D eigenvalue weighted by Gasteiger charge is -2.11. The quantitative estimate of drug-likeness (QED) is 0.104. The van der Waals surface area contributed by atoms with Gasteiger partial charge in [-0.2, -0.15) is 10.1 Å². The van der Waals surface area contributed by atoms with E-state index in [1.54, 1.807) is 30.3 Å². The molecule has 0 aliphatic carbocycles. The second kappa shape index (κ2) is 10.2. The fraction of sp³-hybridized carbons (Fsp3) is 0. The Morgan fingerprint density at radius 1 is 1.14 bits per heavy atom. The normalized spacial score (nSPS) is 11.6. The smallest absolute Gasteiger partial charge is 0.273 e. The summed E-state index contributed by atoms with van der Waals surface area (Å²) < 4.78 is 7.22. The summed E-state index contributed by atoms with van der Waals surface area (Å²) in [5.41, 5.74) is 1.35. The maximum absolute atomic E-state index is 13.2. The Bertz CT molecular complexity index is 1790. The lowest BCUT2D eigenvalue weighted by atomic mass is 10.2. The number of rotatable bonds is 6. The van der Waals surface area contributed by atoms with Crippen molar-refractivity contribution in [2.75, 3.05) is 5.01 Å². The summed E-state index contributed by atoms with van der Waals surface area (Å²) in [7, 11) is 0. The van der Waals surface area contributed by atoms with Gasteiger partial charge in [0.25, 0.3) is 11.6 Å². The summed E-state index contributed by atoms with van der Waals surface area (Å²) in [6, 6.07) is 18.2. The van der Waals surface area contributed by atoms with Crippen molar-refractivity contribution >= 4 is 77.5 Å². The first-order valence-electron chi connectivity index (χ1n) is 10.8. The van der Waals surface area contributed by atoms with Crippen LogP contribution in [0, 0.1) is 10.1 Å². The number of amides is 1. The number of nitro groups is 1. The Labute approximate surface area is 221 Å². The summed E-state index contributed by atoms with van der Waals surface area (Å²) in [4.78, 5) is 41.2. The van der Waals surface area contributed by atoms with Gasteiger partial charge in [-0.3, -0.25) is 19.7 Å². The first kappa shape index (κ1) is 24.2. The summed E-state index contributed by atoms with van der Waals surface area (Å²) >= 11 is 4.67. The van der Waals surface area contributed by atoms with E-state index >= 15 is 0 Å². The second-order valence-electron chi connectivity index (χ2n) is 7.70. The van der Waals surface area contributed by atoms with Crippen LogP contribution in [0.2, 0.25) is 0 Å². The van der Waals surface area contributed by atoms with Crippen molar-refractivity contribution in [1.82, 2.24) is 4.98 Å². The van der Waals surface area contributed by atoms with E-state index in [0.717, 1.165) is 14.2 Å². The van der Waals surface area contributed by atoms with Crippen LogP contribution in [0.4, 0.5) is 10.8 Å². The molecule has 0 unspecified atom stereocenters. The number of halogens is 1. The fourth-order valence-electron chi connectivity index (χ4n) is 3.46. The molecule has 182 valence electrons. The highest BCUT2D eigenvalue weighted by Gasteiger charge is 2.18. The molecule has 9 nitrogen and oxygen atoms in total. The molecule has 0 saturated heterocycles. The predicted molar refractivity (Wildman–Crippen MR) is 147 cm³/mol. The van der Waals surface area contributed by atoms with Gasteiger partial charge in [0.1, 0.15) is 11.8 Å². The standard InChI is InChI=1S/C26H15BrN4O5S/c27-18-9-10-21-23(13-18)37-26(29-21)30(24(32)11-8-16-4-3-5-19(12-16)31(34)35)28-14-17-15-36-22-7-2-1-6-20(22)25(17)33/h1-15H/b11-8+,28-14+. The molecule has 0 bridgehead atoms. The lowest BCUT2D eigenvalue weighted by Crippen LogP contribution is -2.24. The topological polar surface area (TPSA) is 119 Å². The number of nitrogens with zero attached hydrogens (tertiary/aromatic N) is 4. The Kier molecular flexibility index (Phi) is 6.71. The van der Waals surface area contributed by atoms with Crippen LogP contribution in [0.5, 0.6) is 0 Å². The minimum Gasteiger partial charge on any atom is -0.463 e. The molecule has 0 aliphatic rings. The number of aromatic nitrogens is 1. The summed E-state index contributed by atoms with van der Waals surface area (Å²) in [6.07, 6.45) is 5.22. The SMILES string of the molecule is O=C(/C=C/c1cccc([N+](=O)[O-])c1)N(/N=C/c1coc2ccccc2c1=O)c1nc2ccc(Br)cc2s1. The van der Waals surface area contributed by atoms with Gasteiger partial charge in [0.15, 0.2) is 0 Å². The maximum atomic E-state index is 13.2. The minimum atomic E-state index is -0.564. The number of benzene rings is 3. The van der Waals surface area contributed by atoms with Crippen LogP contribution in [0.3, 0.4) is 0 Å². The number of thiazole rings is 1. The van der Waals surface area contributed by atoms with E-state index in [1.807, 2.05) is 18.2 Å². The van der Waals surface area contributed by atoms with E-state index in [-0.39, 0.29) is 21.8 Å². The van der Waals surface area contributed by atoms with Gasteiger partial charge in [0.05, 0.1) is 32.3 Å². The third-order valence-corrected chi connectivity index (χ3v) is 6.73. The van der Waals surface area contributed by atoms with Crippen molar-refractivity contribution in [3.8, 4) is 0 Å². The average molecular weight is 575 g/mol. The third kappa shape index (κ3) is 5.22. The predicted octanol–water partition coefficient (Wildman–Crippen LogP) is 6.15. The number of hydrogen-bond donors (Lipinski definition) is 0. The molecule has 0 atom stereocenters. The minimum absolute atomic E-state index is 0.0933. The number of fused-ring (bicyclic) bond motifs is 2. The molecule has 37 heavy (non-hydrogen) atoms. The van der Waals surface area contributed by atoms with Gasteiger partial charge in [-0.1, -0.05) is 51.5 Å². The van der Waals surface area contributed by atoms with Crippen molar-refractivity contribution in [3.05, 3.63) is 115 Å². The number of anilines is 1. The van der Waals surface area contributed by atoms with Gasteiger partial charge < -0.3 is 4.42 Å². The van der Waals surface area contributed by atoms with Gasteiger partial charge in [0.2, 0.25) is 10.6 Å². The first-order valence-corrected chi connectivity index (χ1v) is 12.4.